The van der Waals surface area contributed by atoms with Gasteiger partial charge in [0.05, 0.1) is 15.5 Å². The van der Waals surface area contributed by atoms with Crippen LogP contribution in [0.15, 0.2) is 97.9 Å². The first-order valence-corrected chi connectivity index (χ1v) is 12.4. The summed E-state index contributed by atoms with van der Waals surface area (Å²) in [6.07, 6.45) is 0. The Balaban J connectivity index is 1.61. The van der Waals surface area contributed by atoms with Gasteiger partial charge >= 0.3 is 5.63 Å². The lowest BCUT2D eigenvalue weighted by atomic mass is 10.2. The van der Waals surface area contributed by atoms with Gasteiger partial charge in [-0.1, -0.05) is 17.7 Å². The largest absolute Gasteiger partial charge is 0.423 e. The molecule has 0 saturated heterocycles. The minimum absolute atomic E-state index is 0.0590. The molecule has 3 aromatic carbocycles. The molecule has 0 bridgehead atoms. The molecule has 164 valence electrons. The van der Waals surface area contributed by atoms with Crippen molar-refractivity contribution in [1.29, 1.82) is 0 Å². The highest BCUT2D eigenvalue weighted by atomic mass is 35.5. The zero-order valence-electron chi connectivity index (χ0n) is 16.1. The van der Waals surface area contributed by atoms with Crippen molar-refractivity contribution in [2.45, 2.75) is 9.79 Å². The van der Waals surface area contributed by atoms with Crippen LogP contribution in [0.25, 0.3) is 11.0 Å². The van der Waals surface area contributed by atoms with Crippen molar-refractivity contribution in [1.82, 2.24) is 0 Å². The number of sulfonamides is 2. The Morgan fingerprint density at radius 2 is 1.34 bits per heavy atom. The molecule has 1 heterocycles. The highest BCUT2D eigenvalue weighted by Crippen LogP contribution is 2.24. The number of anilines is 2. The third-order valence-electron chi connectivity index (χ3n) is 4.39. The lowest BCUT2D eigenvalue weighted by Gasteiger charge is -2.12. The van der Waals surface area contributed by atoms with Crippen LogP contribution in [0.4, 0.5) is 11.4 Å². The number of benzene rings is 3. The summed E-state index contributed by atoms with van der Waals surface area (Å²) >= 11 is 5.81. The summed E-state index contributed by atoms with van der Waals surface area (Å²) < 4.78 is 60.8. The van der Waals surface area contributed by atoms with E-state index in [1.54, 1.807) is 12.1 Å². The van der Waals surface area contributed by atoms with Crippen LogP contribution in [0.3, 0.4) is 0 Å². The van der Waals surface area contributed by atoms with E-state index >= 15 is 0 Å². The second kappa shape index (κ2) is 8.30. The average Bonchev–Trinajstić information content (AvgIpc) is 2.74. The van der Waals surface area contributed by atoms with Gasteiger partial charge in [-0.2, -0.15) is 0 Å². The van der Waals surface area contributed by atoms with E-state index in [2.05, 4.69) is 9.44 Å². The number of hydrogen-bond acceptors (Lipinski definition) is 6. The van der Waals surface area contributed by atoms with E-state index in [4.69, 9.17) is 16.0 Å². The van der Waals surface area contributed by atoms with Gasteiger partial charge in [-0.05, 0) is 66.7 Å². The van der Waals surface area contributed by atoms with Gasteiger partial charge in [-0.15, -0.1) is 0 Å². The standard InChI is InChI=1S/C21H15ClN2O6S2/c22-15-5-7-16(8-6-15)23-31(26,27)18-3-1-2-17(13-18)24-32(28,29)19-9-10-20-14(12-19)4-11-21(25)30-20/h1-13,23-24H. The van der Waals surface area contributed by atoms with Crippen LogP contribution in [0.2, 0.25) is 5.02 Å². The van der Waals surface area contributed by atoms with E-state index < -0.39 is 25.7 Å². The maximum Gasteiger partial charge on any atom is 0.336 e. The minimum Gasteiger partial charge on any atom is -0.423 e. The first kappa shape index (κ1) is 21.9. The molecule has 0 saturated carbocycles. The monoisotopic (exact) mass is 490 g/mol. The smallest absolute Gasteiger partial charge is 0.336 e. The molecular formula is C21H15ClN2O6S2. The molecule has 4 aromatic rings. The summed E-state index contributed by atoms with van der Waals surface area (Å²) in [7, 11) is -8.01. The predicted octanol–water partition coefficient (Wildman–Crippen LogP) is 4.05. The van der Waals surface area contributed by atoms with Gasteiger partial charge in [-0.3, -0.25) is 9.44 Å². The summed E-state index contributed by atoms with van der Waals surface area (Å²) in [5.74, 6) is 0. The number of rotatable bonds is 6. The maximum absolute atomic E-state index is 12.8. The van der Waals surface area contributed by atoms with E-state index in [0.717, 1.165) is 0 Å². The van der Waals surface area contributed by atoms with Crippen LogP contribution in [0, 0.1) is 0 Å². The average molecular weight is 491 g/mol. The van der Waals surface area contributed by atoms with Gasteiger partial charge in [0.1, 0.15) is 5.58 Å². The van der Waals surface area contributed by atoms with Gasteiger partial charge in [-0.25, -0.2) is 21.6 Å². The number of nitrogens with one attached hydrogen (secondary N) is 2. The lowest BCUT2D eigenvalue weighted by Crippen LogP contribution is -2.15. The normalized spacial score (nSPS) is 11.9. The van der Waals surface area contributed by atoms with Crippen LogP contribution in [-0.4, -0.2) is 16.8 Å². The molecule has 0 unspecified atom stereocenters. The molecule has 4 rings (SSSR count). The van der Waals surface area contributed by atoms with Crippen molar-refractivity contribution in [3.8, 4) is 0 Å². The van der Waals surface area contributed by atoms with E-state index in [-0.39, 0.29) is 21.1 Å². The van der Waals surface area contributed by atoms with Crippen molar-refractivity contribution < 1.29 is 21.3 Å². The quantitative estimate of drug-likeness (QED) is 0.393. The van der Waals surface area contributed by atoms with Crippen molar-refractivity contribution >= 4 is 54.0 Å². The molecule has 0 aliphatic heterocycles. The zero-order valence-corrected chi connectivity index (χ0v) is 18.5. The second-order valence-corrected chi connectivity index (χ2v) is 10.5. The fraction of sp³-hybridized carbons (Fsp3) is 0. The summed E-state index contributed by atoms with van der Waals surface area (Å²) in [5.41, 5.74) is 0.0705. The molecule has 8 nitrogen and oxygen atoms in total. The predicted molar refractivity (Wildman–Crippen MR) is 122 cm³/mol. The molecular weight excluding hydrogens is 476 g/mol. The molecule has 11 heteroatoms. The number of fused-ring (bicyclic) bond motifs is 1. The van der Waals surface area contributed by atoms with Crippen molar-refractivity contribution in [3.05, 3.63) is 94.3 Å². The molecule has 0 fully saturated rings. The molecule has 0 atom stereocenters. The molecule has 0 aliphatic rings. The molecule has 0 aliphatic carbocycles. The summed E-state index contributed by atoms with van der Waals surface area (Å²) in [6.45, 7) is 0. The van der Waals surface area contributed by atoms with Gasteiger partial charge in [0.25, 0.3) is 20.0 Å². The van der Waals surface area contributed by atoms with Crippen LogP contribution < -0.4 is 15.1 Å². The van der Waals surface area contributed by atoms with Gasteiger partial charge in [0.15, 0.2) is 0 Å². The first-order valence-electron chi connectivity index (χ1n) is 9.08. The van der Waals surface area contributed by atoms with Crippen molar-refractivity contribution in [2.75, 3.05) is 9.44 Å². The van der Waals surface area contributed by atoms with Crippen LogP contribution in [0.5, 0.6) is 0 Å². The van der Waals surface area contributed by atoms with Gasteiger partial charge in [0, 0.05) is 22.2 Å². The van der Waals surface area contributed by atoms with Gasteiger partial charge in [0.2, 0.25) is 0 Å². The Labute approximate surface area is 188 Å². The Morgan fingerprint density at radius 3 is 2.06 bits per heavy atom. The SMILES string of the molecule is O=c1ccc2cc(S(=O)(=O)Nc3cccc(S(=O)(=O)Nc4ccc(Cl)cc4)c3)ccc2o1. The summed E-state index contributed by atoms with van der Waals surface area (Å²) in [6, 6.07) is 18.2. The summed E-state index contributed by atoms with van der Waals surface area (Å²) in [4.78, 5) is 11.1. The first-order chi connectivity index (χ1) is 15.1. The Kier molecular flexibility index (Phi) is 5.68. The third-order valence-corrected chi connectivity index (χ3v) is 7.40. The molecule has 0 spiro atoms. The lowest BCUT2D eigenvalue weighted by molar-refractivity contribution is 0.560. The van der Waals surface area contributed by atoms with Crippen LogP contribution in [0.1, 0.15) is 0 Å². The molecule has 1 aromatic heterocycles. The van der Waals surface area contributed by atoms with Crippen molar-refractivity contribution in [3.63, 3.8) is 0 Å². The fourth-order valence-electron chi connectivity index (χ4n) is 2.89. The minimum atomic E-state index is -4.04. The Morgan fingerprint density at radius 1 is 0.688 bits per heavy atom. The van der Waals surface area contributed by atoms with E-state index in [0.29, 0.717) is 16.1 Å². The molecule has 32 heavy (non-hydrogen) atoms. The highest BCUT2D eigenvalue weighted by molar-refractivity contribution is 7.93. The van der Waals surface area contributed by atoms with Gasteiger partial charge < -0.3 is 4.42 Å². The Bertz CT molecular complexity index is 1580. The van der Waals surface area contributed by atoms with E-state index in [1.807, 2.05) is 0 Å². The second-order valence-electron chi connectivity index (χ2n) is 6.70. The summed E-state index contributed by atoms with van der Waals surface area (Å²) in [5, 5.41) is 0.885. The zero-order chi connectivity index (χ0) is 22.9. The van der Waals surface area contributed by atoms with Crippen LogP contribution >= 0.6 is 11.6 Å². The van der Waals surface area contributed by atoms with Crippen LogP contribution in [-0.2, 0) is 20.0 Å². The highest BCUT2D eigenvalue weighted by Gasteiger charge is 2.18. The maximum atomic E-state index is 12.8. The van der Waals surface area contributed by atoms with E-state index in [9.17, 15) is 21.6 Å². The number of hydrogen-bond donors (Lipinski definition) is 2. The van der Waals surface area contributed by atoms with Crippen molar-refractivity contribution in [2.24, 2.45) is 0 Å². The topological polar surface area (TPSA) is 123 Å². The Hall–Kier alpha value is -3.34. The van der Waals surface area contributed by atoms with E-state index in [1.165, 1.54) is 66.7 Å². The molecule has 2 N–H and O–H groups in total. The molecule has 0 radical (unpaired) electrons. The molecule has 0 amide bonds. The fourth-order valence-corrected chi connectivity index (χ4v) is 5.20. The third kappa shape index (κ3) is 4.77. The number of halogens is 1.